The Balaban J connectivity index is 0.00000341. The van der Waals surface area contributed by atoms with Gasteiger partial charge in [0.1, 0.15) is 0 Å². The number of fused-ring (bicyclic) bond motifs is 1. The van der Waals surface area contributed by atoms with Gasteiger partial charge in [0.2, 0.25) is 0 Å². The molecule has 0 fully saturated rings. The van der Waals surface area contributed by atoms with Gasteiger partial charge < -0.3 is 20.9 Å². The monoisotopic (exact) mass is 533 g/mol. The van der Waals surface area contributed by atoms with E-state index < -0.39 is 0 Å². The lowest BCUT2D eigenvalue weighted by Crippen LogP contribution is -2.40. The normalized spacial score (nSPS) is 11.7. The van der Waals surface area contributed by atoms with Gasteiger partial charge in [-0.15, -0.1) is 24.0 Å². The molecule has 31 heavy (non-hydrogen) atoms. The van der Waals surface area contributed by atoms with Crippen LogP contribution in [0, 0.1) is 0 Å². The molecular weight excluding hydrogens is 501 g/mol. The Morgan fingerprint density at radius 2 is 1.84 bits per heavy atom. The van der Waals surface area contributed by atoms with E-state index in [4.69, 9.17) is 0 Å². The number of H-pyrrole nitrogens is 1. The molecule has 1 heterocycles. The minimum Gasteiger partial charge on any atom is -0.361 e. The van der Waals surface area contributed by atoms with Crippen molar-refractivity contribution in [1.29, 1.82) is 0 Å². The van der Waals surface area contributed by atoms with Crippen molar-refractivity contribution in [3.8, 4) is 0 Å². The first kappa shape index (κ1) is 24.7. The molecule has 7 heteroatoms. The average molecular weight is 533 g/mol. The van der Waals surface area contributed by atoms with E-state index in [1.807, 2.05) is 51.1 Å². The van der Waals surface area contributed by atoms with Crippen LogP contribution in [-0.4, -0.2) is 36.0 Å². The number of carbonyl (C=O) groups excluding carboxylic acids is 1. The first-order valence-electron chi connectivity index (χ1n) is 10.3. The van der Waals surface area contributed by atoms with Crippen LogP contribution in [0.2, 0.25) is 0 Å². The SMILES string of the molecule is CN=C(NCCc1c[nH]c2ccccc12)NCc1cccc(C(=O)NC(C)(C)C)c1.I. The summed E-state index contributed by atoms with van der Waals surface area (Å²) in [6, 6.07) is 16.0. The van der Waals surface area contributed by atoms with E-state index in [0.717, 1.165) is 30.0 Å². The molecule has 0 saturated carbocycles. The van der Waals surface area contributed by atoms with Crippen LogP contribution in [0.4, 0.5) is 0 Å². The minimum absolute atomic E-state index is 0. The van der Waals surface area contributed by atoms with Crippen molar-refractivity contribution in [1.82, 2.24) is 20.9 Å². The fourth-order valence-electron chi connectivity index (χ4n) is 3.30. The van der Waals surface area contributed by atoms with E-state index in [-0.39, 0.29) is 35.4 Å². The van der Waals surface area contributed by atoms with Crippen LogP contribution in [0.15, 0.2) is 59.7 Å². The highest BCUT2D eigenvalue weighted by Crippen LogP contribution is 2.17. The number of halogens is 1. The van der Waals surface area contributed by atoms with Crippen molar-refractivity contribution in [3.05, 3.63) is 71.4 Å². The van der Waals surface area contributed by atoms with E-state index in [1.165, 1.54) is 10.9 Å². The summed E-state index contributed by atoms with van der Waals surface area (Å²) in [4.78, 5) is 20.0. The number of hydrogen-bond acceptors (Lipinski definition) is 2. The number of amides is 1. The van der Waals surface area contributed by atoms with E-state index in [2.05, 4.69) is 50.3 Å². The van der Waals surface area contributed by atoms with Gasteiger partial charge >= 0.3 is 0 Å². The van der Waals surface area contributed by atoms with Gasteiger partial charge in [-0.1, -0.05) is 30.3 Å². The number of rotatable bonds is 6. The zero-order chi connectivity index (χ0) is 21.6. The van der Waals surface area contributed by atoms with Crippen molar-refractivity contribution in [2.75, 3.05) is 13.6 Å². The predicted molar refractivity (Wildman–Crippen MR) is 139 cm³/mol. The number of nitrogens with zero attached hydrogens (tertiary/aromatic N) is 1. The molecule has 0 radical (unpaired) electrons. The first-order chi connectivity index (χ1) is 14.4. The van der Waals surface area contributed by atoms with Crippen LogP contribution in [0.1, 0.15) is 42.3 Å². The van der Waals surface area contributed by atoms with Gasteiger partial charge in [0.15, 0.2) is 5.96 Å². The molecule has 3 aromatic rings. The molecule has 1 amide bonds. The van der Waals surface area contributed by atoms with Crippen LogP contribution >= 0.6 is 24.0 Å². The number of aromatic nitrogens is 1. The lowest BCUT2D eigenvalue weighted by atomic mass is 10.1. The van der Waals surface area contributed by atoms with E-state index >= 15 is 0 Å². The molecule has 6 nitrogen and oxygen atoms in total. The standard InChI is InChI=1S/C24H31N5O.HI/c1-24(2,3)29-22(30)18-9-7-8-17(14-18)15-28-23(25-4)26-13-12-19-16-27-21-11-6-5-10-20(19)21;/h5-11,14,16,27H,12-13,15H2,1-4H3,(H,29,30)(H2,25,26,28);1H. The summed E-state index contributed by atoms with van der Waals surface area (Å²) in [5, 5.41) is 10.9. The van der Waals surface area contributed by atoms with Crippen LogP contribution in [-0.2, 0) is 13.0 Å². The quantitative estimate of drug-likeness (QED) is 0.218. The molecule has 0 spiro atoms. The zero-order valence-electron chi connectivity index (χ0n) is 18.6. The zero-order valence-corrected chi connectivity index (χ0v) is 20.9. The number of carbonyl (C=O) groups is 1. The van der Waals surface area contributed by atoms with Crippen LogP contribution in [0.3, 0.4) is 0 Å². The Bertz CT molecular complexity index is 1040. The van der Waals surface area contributed by atoms with Crippen molar-refractivity contribution < 1.29 is 4.79 Å². The molecule has 0 aliphatic heterocycles. The van der Waals surface area contributed by atoms with E-state index in [0.29, 0.717) is 12.1 Å². The summed E-state index contributed by atoms with van der Waals surface area (Å²) in [5.74, 6) is 0.671. The lowest BCUT2D eigenvalue weighted by Gasteiger charge is -2.20. The molecule has 0 saturated heterocycles. The summed E-state index contributed by atoms with van der Waals surface area (Å²) in [6.45, 7) is 7.28. The number of hydrogen-bond donors (Lipinski definition) is 4. The van der Waals surface area contributed by atoms with Gasteiger partial charge in [0, 0.05) is 48.3 Å². The van der Waals surface area contributed by atoms with Crippen molar-refractivity contribution in [2.45, 2.75) is 39.3 Å². The van der Waals surface area contributed by atoms with Crippen molar-refractivity contribution in [3.63, 3.8) is 0 Å². The lowest BCUT2D eigenvalue weighted by molar-refractivity contribution is 0.0919. The molecule has 4 N–H and O–H groups in total. The second-order valence-electron chi connectivity index (χ2n) is 8.37. The number of aliphatic imine (C=N–C) groups is 1. The fraction of sp³-hybridized carbons (Fsp3) is 0.333. The van der Waals surface area contributed by atoms with Crippen molar-refractivity contribution in [2.24, 2.45) is 4.99 Å². The maximum absolute atomic E-state index is 12.4. The Morgan fingerprint density at radius 1 is 1.06 bits per heavy atom. The molecule has 166 valence electrons. The summed E-state index contributed by atoms with van der Waals surface area (Å²) < 4.78 is 0. The molecular formula is C24H32IN5O. The van der Waals surface area contributed by atoms with E-state index in [9.17, 15) is 4.79 Å². The van der Waals surface area contributed by atoms with Gasteiger partial charge in [-0.25, -0.2) is 0 Å². The minimum atomic E-state index is -0.262. The van der Waals surface area contributed by atoms with Gasteiger partial charge in [-0.3, -0.25) is 9.79 Å². The summed E-state index contributed by atoms with van der Waals surface area (Å²) >= 11 is 0. The number of para-hydroxylation sites is 1. The average Bonchev–Trinajstić information content (AvgIpc) is 3.12. The maximum atomic E-state index is 12.4. The maximum Gasteiger partial charge on any atom is 0.251 e. The van der Waals surface area contributed by atoms with Crippen molar-refractivity contribution >= 4 is 46.7 Å². The summed E-state index contributed by atoms with van der Waals surface area (Å²) in [6.07, 6.45) is 2.96. The second-order valence-corrected chi connectivity index (χ2v) is 8.37. The molecule has 0 aliphatic carbocycles. The third-order valence-electron chi connectivity index (χ3n) is 4.72. The highest BCUT2D eigenvalue weighted by atomic mass is 127. The molecule has 3 rings (SSSR count). The molecule has 2 aromatic carbocycles. The van der Waals surface area contributed by atoms with E-state index in [1.54, 1.807) is 7.05 Å². The van der Waals surface area contributed by atoms with Gasteiger partial charge in [-0.05, 0) is 56.5 Å². The molecule has 0 atom stereocenters. The third-order valence-corrected chi connectivity index (χ3v) is 4.72. The molecule has 0 aliphatic rings. The Labute approximate surface area is 201 Å². The number of guanidine groups is 1. The largest absolute Gasteiger partial charge is 0.361 e. The predicted octanol–water partition coefficient (Wildman–Crippen LogP) is 4.22. The number of aromatic amines is 1. The van der Waals surface area contributed by atoms with Crippen LogP contribution in [0.25, 0.3) is 10.9 Å². The molecule has 0 bridgehead atoms. The number of benzene rings is 2. The summed E-state index contributed by atoms with van der Waals surface area (Å²) in [7, 11) is 1.76. The Kier molecular flexibility index (Phi) is 8.91. The highest BCUT2D eigenvalue weighted by Gasteiger charge is 2.15. The Morgan fingerprint density at radius 3 is 2.58 bits per heavy atom. The topological polar surface area (TPSA) is 81.3 Å². The Hall–Kier alpha value is -2.55. The first-order valence-corrected chi connectivity index (χ1v) is 10.3. The number of nitrogens with one attached hydrogen (secondary N) is 4. The fourth-order valence-corrected chi connectivity index (χ4v) is 3.30. The third kappa shape index (κ3) is 7.27. The molecule has 1 aromatic heterocycles. The van der Waals surface area contributed by atoms with Gasteiger partial charge in [-0.2, -0.15) is 0 Å². The van der Waals surface area contributed by atoms with Gasteiger partial charge in [0.25, 0.3) is 5.91 Å². The highest BCUT2D eigenvalue weighted by molar-refractivity contribution is 14.0. The smallest absolute Gasteiger partial charge is 0.251 e. The second kappa shape index (κ2) is 11.2. The van der Waals surface area contributed by atoms with Crippen LogP contribution in [0.5, 0.6) is 0 Å². The summed E-state index contributed by atoms with van der Waals surface area (Å²) in [5.41, 5.74) is 3.86. The molecule has 0 unspecified atom stereocenters. The van der Waals surface area contributed by atoms with Gasteiger partial charge in [0.05, 0.1) is 0 Å². The van der Waals surface area contributed by atoms with Crippen LogP contribution < -0.4 is 16.0 Å².